The molecule has 106 valence electrons. The lowest BCUT2D eigenvalue weighted by Crippen LogP contribution is -2.38. The highest BCUT2D eigenvalue weighted by Crippen LogP contribution is 2.29. The van der Waals surface area contributed by atoms with E-state index in [9.17, 15) is 13.2 Å². The lowest BCUT2D eigenvalue weighted by Gasteiger charge is -2.27. The van der Waals surface area contributed by atoms with Crippen LogP contribution in [0.4, 0.5) is 18.9 Å². The van der Waals surface area contributed by atoms with Gasteiger partial charge in [0.05, 0.1) is 5.92 Å². The number of halogens is 3. The van der Waals surface area contributed by atoms with Crippen LogP contribution in [0.3, 0.4) is 0 Å². The van der Waals surface area contributed by atoms with E-state index in [1.807, 2.05) is 36.1 Å². The summed E-state index contributed by atoms with van der Waals surface area (Å²) in [5.74, 6) is -1.31. The summed E-state index contributed by atoms with van der Waals surface area (Å²) in [5.41, 5.74) is 2.04. The molecule has 0 aromatic heterocycles. The zero-order valence-electron chi connectivity index (χ0n) is 11.0. The summed E-state index contributed by atoms with van der Waals surface area (Å²) in [5, 5.41) is 2.87. The van der Waals surface area contributed by atoms with Crippen LogP contribution in [0, 0.1) is 5.92 Å². The number of rotatable bonds is 2. The van der Waals surface area contributed by atoms with Crippen molar-refractivity contribution < 1.29 is 13.2 Å². The minimum Gasteiger partial charge on any atom is -0.370 e. The molecule has 1 heterocycles. The Kier molecular flexibility index (Phi) is 4.34. The molecule has 1 fully saturated rings. The molecule has 1 aliphatic heterocycles. The van der Waals surface area contributed by atoms with E-state index >= 15 is 0 Å². The van der Waals surface area contributed by atoms with Gasteiger partial charge in [0.2, 0.25) is 0 Å². The fourth-order valence-electron chi connectivity index (χ4n) is 2.34. The molecular formula is C14H19F3N2. The first-order chi connectivity index (χ1) is 9.00. The van der Waals surface area contributed by atoms with Gasteiger partial charge in [-0.1, -0.05) is 19.1 Å². The zero-order valence-corrected chi connectivity index (χ0v) is 11.0. The average Bonchev–Trinajstić information content (AvgIpc) is 2.64. The first-order valence-corrected chi connectivity index (χ1v) is 6.62. The second-order valence-electron chi connectivity index (χ2n) is 4.91. The quantitative estimate of drug-likeness (QED) is 0.890. The van der Waals surface area contributed by atoms with E-state index in [0.717, 1.165) is 17.7 Å². The summed E-state index contributed by atoms with van der Waals surface area (Å²) in [6.07, 6.45) is -3.25. The largest absolute Gasteiger partial charge is 0.394 e. The summed E-state index contributed by atoms with van der Waals surface area (Å²) < 4.78 is 38.7. The van der Waals surface area contributed by atoms with Crippen molar-refractivity contribution in [3.63, 3.8) is 0 Å². The number of aryl methyl sites for hydroxylation is 1. The third-order valence-corrected chi connectivity index (χ3v) is 3.54. The number of hydrogen-bond acceptors (Lipinski definition) is 2. The van der Waals surface area contributed by atoms with Crippen molar-refractivity contribution in [2.24, 2.45) is 5.92 Å². The molecule has 0 aliphatic carbocycles. The van der Waals surface area contributed by atoms with Crippen LogP contribution in [-0.2, 0) is 6.42 Å². The third-order valence-electron chi connectivity index (χ3n) is 3.54. The Balaban J connectivity index is 2.17. The molecule has 0 bridgehead atoms. The summed E-state index contributed by atoms with van der Waals surface area (Å²) in [7, 11) is 0. The Hall–Kier alpha value is -1.23. The highest BCUT2D eigenvalue weighted by atomic mass is 19.4. The monoisotopic (exact) mass is 272 g/mol. The zero-order chi connectivity index (χ0) is 13.9. The number of anilines is 1. The summed E-state index contributed by atoms with van der Waals surface area (Å²) >= 11 is 0. The minimum atomic E-state index is -4.14. The molecule has 1 saturated heterocycles. The molecule has 1 atom stereocenters. The van der Waals surface area contributed by atoms with Crippen molar-refractivity contribution in [2.75, 3.05) is 31.1 Å². The van der Waals surface area contributed by atoms with E-state index in [-0.39, 0.29) is 13.1 Å². The van der Waals surface area contributed by atoms with Crippen LogP contribution in [-0.4, -0.2) is 32.4 Å². The maximum absolute atomic E-state index is 12.9. The summed E-state index contributed by atoms with van der Waals surface area (Å²) in [6.45, 7) is 3.28. The van der Waals surface area contributed by atoms with Gasteiger partial charge in [-0.2, -0.15) is 13.2 Å². The Morgan fingerprint density at radius 2 is 2.16 bits per heavy atom. The molecule has 1 N–H and O–H groups in total. The standard InChI is InChI=1S/C14H19F3N2/c1-2-11-4-3-5-13(8-11)19-7-6-18-9-12(10-19)14(15,16)17/h3-5,8,12,18H,2,6-7,9-10H2,1H3. The van der Waals surface area contributed by atoms with Gasteiger partial charge in [0.15, 0.2) is 0 Å². The Labute approximate surface area is 111 Å². The Morgan fingerprint density at radius 3 is 2.84 bits per heavy atom. The normalized spacial score (nSPS) is 21.3. The SMILES string of the molecule is CCc1cccc(N2CCNCC(C(F)(F)F)C2)c1. The van der Waals surface area contributed by atoms with Gasteiger partial charge >= 0.3 is 6.18 Å². The van der Waals surface area contributed by atoms with Crippen molar-refractivity contribution >= 4 is 5.69 Å². The van der Waals surface area contributed by atoms with E-state index < -0.39 is 12.1 Å². The highest BCUT2D eigenvalue weighted by molar-refractivity contribution is 5.49. The minimum absolute atomic E-state index is 0.00741. The van der Waals surface area contributed by atoms with Gasteiger partial charge < -0.3 is 10.2 Å². The number of alkyl halides is 3. The predicted octanol–water partition coefficient (Wildman–Crippen LogP) is 2.84. The van der Waals surface area contributed by atoms with Crippen molar-refractivity contribution in [1.82, 2.24) is 5.32 Å². The average molecular weight is 272 g/mol. The summed E-state index contributed by atoms with van der Waals surface area (Å²) in [4.78, 5) is 1.83. The van der Waals surface area contributed by atoms with Gasteiger partial charge in [0.25, 0.3) is 0 Å². The lowest BCUT2D eigenvalue weighted by atomic mass is 10.1. The first-order valence-electron chi connectivity index (χ1n) is 6.62. The van der Waals surface area contributed by atoms with Gasteiger partial charge in [0.1, 0.15) is 0 Å². The molecule has 2 nitrogen and oxygen atoms in total. The van der Waals surface area contributed by atoms with E-state index in [1.54, 1.807) is 0 Å². The number of nitrogens with zero attached hydrogens (tertiary/aromatic N) is 1. The fraction of sp³-hybridized carbons (Fsp3) is 0.571. The smallest absolute Gasteiger partial charge is 0.370 e. The third kappa shape index (κ3) is 3.62. The van der Waals surface area contributed by atoms with Gasteiger partial charge in [-0.3, -0.25) is 0 Å². The van der Waals surface area contributed by atoms with Gasteiger partial charge in [-0.05, 0) is 24.1 Å². The van der Waals surface area contributed by atoms with E-state index in [0.29, 0.717) is 13.1 Å². The van der Waals surface area contributed by atoms with Crippen molar-refractivity contribution in [3.8, 4) is 0 Å². The topological polar surface area (TPSA) is 15.3 Å². The molecule has 0 spiro atoms. The maximum Gasteiger partial charge on any atom is 0.394 e. The molecule has 0 amide bonds. The van der Waals surface area contributed by atoms with Crippen molar-refractivity contribution in [3.05, 3.63) is 29.8 Å². The molecule has 5 heteroatoms. The van der Waals surface area contributed by atoms with Crippen molar-refractivity contribution in [1.29, 1.82) is 0 Å². The van der Waals surface area contributed by atoms with Crippen LogP contribution in [0.1, 0.15) is 12.5 Å². The molecular weight excluding hydrogens is 253 g/mol. The van der Waals surface area contributed by atoms with Crippen LogP contribution in [0.25, 0.3) is 0 Å². The van der Waals surface area contributed by atoms with Crippen LogP contribution in [0.2, 0.25) is 0 Å². The fourth-order valence-corrected chi connectivity index (χ4v) is 2.34. The molecule has 19 heavy (non-hydrogen) atoms. The van der Waals surface area contributed by atoms with E-state index in [1.165, 1.54) is 0 Å². The molecule has 2 rings (SSSR count). The number of hydrogen-bond donors (Lipinski definition) is 1. The van der Waals surface area contributed by atoms with Gasteiger partial charge in [-0.25, -0.2) is 0 Å². The van der Waals surface area contributed by atoms with Gasteiger partial charge in [0, 0.05) is 31.9 Å². The van der Waals surface area contributed by atoms with Crippen LogP contribution in [0.15, 0.2) is 24.3 Å². The van der Waals surface area contributed by atoms with Gasteiger partial charge in [-0.15, -0.1) is 0 Å². The summed E-state index contributed by atoms with van der Waals surface area (Å²) in [6, 6.07) is 7.78. The second-order valence-corrected chi connectivity index (χ2v) is 4.91. The molecule has 1 aliphatic rings. The van der Waals surface area contributed by atoms with Crippen molar-refractivity contribution in [2.45, 2.75) is 19.5 Å². The molecule has 1 unspecified atom stereocenters. The van der Waals surface area contributed by atoms with Crippen LogP contribution < -0.4 is 10.2 Å². The molecule has 1 aromatic carbocycles. The highest BCUT2D eigenvalue weighted by Gasteiger charge is 2.41. The maximum atomic E-state index is 12.9. The van der Waals surface area contributed by atoms with E-state index in [4.69, 9.17) is 0 Å². The molecule has 1 aromatic rings. The number of nitrogens with one attached hydrogen (secondary N) is 1. The predicted molar refractivity (Wildman–Crippen MR) is 70.4 cm³/mol. The Bertz CT molecular complexity index is 417. The molecule has 0 radical (unpaired) electrons. The van der Waals surface area contributed by atoms with Crippen LogP contribution >= 0.6 is 0 Å². The van der Waals surface area contributed by atoms with E-state index in [2.05, 4.69) is 5.32 Å². The Morgan fingerprint density at radius 1 is 1.37 bits per heavy atom. The first kappa shape index (κ1) is 14.2. The number of benzene rings is 1. The lowest BCUT2D eigenvalue weighted by molar-refractivity contribution is -0.169. The van der Waals surface area contributed by atoms with Crippen LogP contribution in [0.5, 0.6) is 0 Å². The molecule has 0 saturated carbocycles. The second kappa shape index (κ2) is 5.82.